The minimum atomic E-state index is 0.215. The molecular weight excluding hydrogens is 448 g/mol. The van der Waals surface area contributed by atoms with Gasteiger partial charge < -0.3 is 20.4 Å². The number of hydrogen-bond acceptors (Lipinski definition) is 7. The van der Waals surface area contributed by atoms with Gasteiger partial charge in [0, 0.05) is 69.0 Å². The van der Waals surface area contributed by atoms with E-state index in [0.29, 0.717) is 11.9 Å². The van der Waals surface area contributed by atoms with E-state index in [9.17, 15) is 0 Å². The number of ether oxygens (including phenoxy) is 1. The summed E-state index contributed by atoms with van der Waals surface area (Å²) in [5, 5.41) is 12.5. The Morgan fingerprint density at radius 2 is 1.92 bits per heavy atom. The third-order valence-electron chi connectivity index (χ3n) is 6.69. The topological polar surface area (TPSA) is 77.4 Å². The highest BCUT2D eigenvalue weighted by Crippen LogP contribution is 2.40. The Bertz CT molecular complexity index is 1270. The van der Waals surface area contributed by atoms with Crippen molar-refractivity contribution >= 4 is 34.3 Å². The van der Waals surface area contributed by atoms with E-state index in [1.165, 1.54) is 30.2 Å². The summed E-state index contributed by atoms with van der Waals surface area (Å²) in [6, 6.07) is 12.9. The number of hydrogen-bond donors (Lipinski definition) is 2. The van der Waals surface area contributed by atoms with Crippen molar-refractivity contribution < 1.29 is 4.74 Å². The summed E-state index contributed by atoms with van der Waals surface area (Å²) >= 11 is 0. The Morgan fingerprint density at radius 3 is 2.61 bits per heavy atom. The van der Waals surface area contributed by atoms with Gasteiger partial charge in [0.15, 0.2) is 0 Å². The van der Waals surface area contributed by atoms with Gasteiger partial charge in [0.2, 0.25) is 5.95 Å². The molecule has 0 radical (unpaired) electrons. The Balaban J connectivity index is 1.44. The van der Waals surface area contributed by atoms with Crippen LogP contribution in [0, 0.1) is 5.41 Å². The maximum absolute atomic E-state index is 8.01. The number of anilines is 2. The molecule has 2 aromatic carbocycles. The lowest BCUT2D eigenvalue weighted by Crippen LogP contribution is -2.44. The Labute approximate surface area is 213 Å². The number of nitrogens with one attached hydrogen (secondary N) is 2. The van der Waals surface area contributed by atoms with Gasteiger partial charge in [-0.3, -0.25) is 4.90 Å². The molecule has 2 unspecified atom stereocenters. The number of fused-ring (bicyclic) bond motifs is 1. The SMILES string of the molecule is CC1CN(Cc2cc(Nc3ncc4cc(C5CC5)ccc4n3)cc(/C(C=N)=C/N(C)C)c2)CC(C)O1. The number of aromatic nitrogens is 2. The van der Waals surface area contributed by atoms with Gasteiger partial charge >= 0.3 is 0 Å². The molecular formula is C29H36N6O. The lowest BCUT2D eigenvalue weighted by molar-refractivity contribution is -0.0704. The molecule has 2 atom stereocenters. The fraction of sp³-hybridized carbons (Fsp3) is 0.414. The molecule has 0 bridgehead atoms. The van der Waals surface area contributed by atoms with Crippen molar-refractivity contribution in [2.45, 2.75) is 51.4 Å². The minimum Gasteiger partial charge on any atom is -0.383 e. The fourth-order valence-electron chi connectivity index (χ4n) is 5.08. The first-order chi connectivity index (χ1) is 17.4. The van der Waals surface area contributed by atoms with Crippen molar-refractivity contribution in [2.24, 2.45) is 0 Å². The van der Waals surface area contributed by atoms with Crippen molar-refractivity contribution in [1.82, 2.24) is 19.8 Å². The maximum Gasteiger partial charge on any atom is 0.227 e. The fourth-order valence-corrected chi connectivity index (χ4v) is 5.08. The highest BCUT2D eigenvalue weighted by Gasteiger charge is 2.24. The van der Waals surface area contributed by atoms with E-state index in [4.69, 9.17) is 15.1 Å². The summed E-state index contributed by atoms with van der Waals surface area (Å²) < 4.78 is 5.92. The zero-order chi connectivity index (χ0) is 25.2. The first kappa shape index (κ1) is 24.4. The molecule has 2 fully saturated rings. The molecule has 1 aromatic heterocycles. The van der Waals surface area contributed by atoms with Crippen molar-refractivity contribution in [2.75, 3.05) is 32.5 Å². The average molecular weight is 485 g/mol. The summed E-state index contributed by atoms with van der Waals surface area (Å²) in [7, 11) is 3.95. The predicted octanol–water partition coefficient (Wildman–Crippen LogP) is 5.41. The van der Waals surface area contributed by atoms with Gasteiger partial charge in [0.25, 0.3) is 0 Å². The molecule has 2 aliphatic rings. The lowest BCUT2D eigenvalue weighted by atomic mass is 10.0. The third kappa shape index (κ3) is 5.91. The smallest absolute Gasteiger partial charge is 0.227 e. The zero-order valence-electron chi connectivity index (χ0n) is 21.7. The molecule has 2 N–H and O–H groups in total. The largest absolute Gasteiger partial charge is 0.383 e. The molecule has 1 saturated carbocycles. The van der Waals surface area contributed by atoms with E-state index in [-0.39, 0.29) is 12.2 Å². The van der Waals surface area contributed by atoms with Crippen LogP contribution >= 0.6 is 0 Å². The summed E-state index contributed by atoms with van der Waals surface area (Å²) in [6.45, 7) is 6.88. The number of benzene rings is 2. The van der Waals surface area contributed by atoms with E-state index in [0.717, 1.165) is 47.4 Å². The van der Waals surface area contributed by atoms with Crippen LogP contribution in [0.1, 0.15) is 49.3 Å². The van der Waals surface area contributed by atoms with E-state index in [1.54, 1.807) is 0 Å². The number of nitrogens with zero attached hydrogens (tertiary/aromatic N) is 4. The van der Waals surface area contributed by atoms with Gasteiger partial charge in [-0.15, -0.1) is 0 Å². The molecule has 0 amide bonds. The van der Waals surface area contributed by atoms with Crippen LogP contribution in [-0.4, -0.2) is 65.4 Å². The number of allylic oxidation sites excluding steroid dienone is 1. The molecule has 0 spiro atoms. The summed E-state index contributed by atoms with van der Waals surface area (Å²) in [5.74, 6) is 1.29. The first-order valence-electron chi connectivity index (χ1n) is 12.8. The molecule has 1 aliphatic carbocycles. The molecule has 36 heavy (non-hydrogen) atoms. The van der Waals surface area contributed by atoms with Gasteiger partial charge in [-0.05, 0) is 79.6 Å². The third-order valence-corrected chi connectivity index (χ3v) is 6.69. The second kappa shape index (κ2) is 10.4. The molecule has 2 heterocycles. The molecule has 1 aliphatic heterocycles. The monoisotopic (exact) mass is 484 g/mol. The molecule has 5 rings (SSSR count). The van der Waals surface area contributed by atoms with E-state index in [2.05, 4.69) is 65.4 Å². The van der Waals surface area contributed by atoms with Gasteiger partial charge in [0.1, 0.15) is 0 Å². The Morgan fingerprint density at radius 1 is 1.14 bits per heavy atom. The molecule has 7 nitrogen and oxygen atoms in total. The van der Waals surface area contributed by atoms with Crippen LogP contribution < -0.4 is 5.32 Å². The lowest BCUT2D eigenvalue weighted by Gasteiger charge is -2.35. The minimum absolute atomic E-state index is 0.215. The highest BCUT2D eigenvalue weighted by atomic mass is 16.5. The maximum atomic E-state index is 8.01. The number of rotatable bonds is 8. The van der Waals surface area contributed by atoms with Crippen molar-refractivity contribution in [3.63, 3.8) is 0 Å². The van der Waals surface area contributed by atoms with E-state index >= 15 is 0 Å². The van der Waals surface area contributed by atoms with Crippen LogP contribution in [0.2, 0.25) is 0 Å². The van der Waals surface area contributed by atoms with Crippen molar-refractivity contribution in [1.29, 1.82) is 5.41 Å². The second-order valence-electron chi connectivity index (χ2n) is 10.5. The normalized spacial score (nSPS) is 20.9. The summed E-state index contributed by atoms with van der Waals surface area (Å²) in [6.07, 6.45) is 8.29. The van der Waals surface area contributed by atoms with Crippen LogP contribution in [0.4, 0.5) is 11.6 Å². The number of morpholine rings is 1. The Kier molecular flexibility index (Phi) is 7.03. The van der Waals surface area contributed by atoms with Crippen molar-refractivity contribution in [3.8, 4) is 0 Å². The van der Waals surface area contributed by atoms with Gasteiger partial charge in [-0.1, -0.05) is 6.07 Å². The highest BCUT2D eigenvalue weighted by molar-refractivity contribution is 6.08. The molecule has 1 saturated heterocycles. The van der Waals surface area contributed by atoms with Crippen LogP contribution in [-0.2, 0) is 11.3 Å². The van der Waals surface area contributed by atoms with Gasteiger partial charge in [-0.25, -0.2) is 9.97 Å². The molecule has 188 valence electrons. The first-order valence-corrected chi connectivity index (χ1v) is 12.8. The molecule has 3 aromatic rings. The Hall–Kier alpha value is -3.29. The zero-order valence-corrected chi connectivity index (χ0v) is 21.7. The summed E-state index contributed by atoms with van der Waals surface area (Å²) in [4.78, 5) is 13.8. The van der Waals surface area contributed by atoms with Crippen LogP contribution in [0.15, 0.2) is 48.8 Å². The van der Waals surface area contributed by atoms with Gasteiger partial charge in [-0.2, -0.15) is 0 Å². The van der Waals surface area contributed by atoms with Crippen LogP contribution in [0.25, 0.3) is 16.5 Å². The quantitative estimate of drug-likeness (QED) is 0.416. The standard InChI is InChI=1S/C29H36N6O/c1-19-15-35(16-20(2)36-19)17-21-9-24(26(13-30)18-34(3)4)12-27(10-21)32-29-31-14-25-11-23(22-5-6-22)7-8-28(25)33-29/h7-14,18-20,22,30H,5-6,15-17H2,1-4H3,(H,31,32,33)/b26-18+,30-13?. The summed E-state index contributed by atoms with van der Waals surface area (Å²) in [5.41, 5.74) is 6.26. The van der Waals surface area contributed by atoms with Crippen LogP contribution in [0.3, 0.4) is 0 Å². The van der Waals surface area contributed by atoms with Gasteiger partial charge in [0.05, 0.1) is 17.7 Å². The predicted molar refractivity (Wildman–Crippen MR) is 147 cm³/mol. The molecule has 7 heteroatoms. The van der Waals surface area contributed by atoms with Crippen molar-refractivity contribution in [3.05, 3.63) is 65.5 Å². The second-order valence-corrected chi connectivity index (χ2v) is 10.5. The average Bonchev–Trinajstić information content (AvgIpc) is 3.67. The van der Waals surface area contributed by atoms with E-state index in [1.807, 2.05) is 31.4 Å². The van der Waals surface area contributed by atoms with E-state index < -0.39 is 0 Å². The van der Waals surface area contributed by atoms with Crippen LogP contribution in [0.5, 0.6) is 0 Å².